The van der Waals surface area contributed by atoms with Gasteiger partial charge in [-0.1, -0.05) is 12.1 Å². The Morgan fingerprint density at radius 2 is 2.17 bits per heavy atom. The van der Waals surface area contributed by atoms with Crippen molar-refractivity contribution in [2.45, 2.75) is 18.8 Å². The van der Waals surface area contributed by atoms with Crippen LogP contribution in [0.5, 0.6) is 0 Å². The Hall–Kier alpha value is -1.50. The molecule has 23 heavy (non-hydrogen) atoms. The van der Waals surface area contributed by atoms with Gasteiger partial charge in [-0.25, -0.2) is 4.98 Å². The van der Waals surface area contributed by atoms with Gasteiger partial charge in [0.05, 0.1) is 28.4 Å². The average molecular weight is 333 g/mol. The molecule has 1 aromatic heterocycles. The molecular weight excluding hydrogens is 310 g/mol. The van der Waals surface area contributed by atoms with Crippen molar-refractivity contribution >= 4 is 27.5 Å². The predicted octanol–water partition coefficient (Wildman–Crippen LogP) is 2.24. The minimum atomic E-state index is 0.184. The summed E-state index contributed by atoms with van der Waals surface area (Å²) in [6.07, 6.45) is 2.01. The number of fused-ring (bicyclic) bond motifs is 1. The zero-order valence-corrected chi connectivity index (χ0v) is 14.3. The zero-order chi connectivity index (χ0) is 16.1. The van der Waals surface area contributed by atoms with Crippen LogP contribution < -0.4 is 5.32 Å². The number of hydrogen-bond acceptors (Lipinski definition) is 5. The van der Waals surface area contributed by atoms with Crippen molar-refractivity contribution in [2.75, 3.05) is 39.9 Å². The summed E-state index contributed by atoms with van der Waals surface area (Å²) >= 11 is 1.79. The van der Waals surface area contributed by atoms with E-state index >= 15 is 0 Å². The Labute approximate surface area is 140 Å². The van der Waals surface area contributed by atoms with Gasteiger partial charge in [0.15, 0.2) is 0 Å². The lowest BCUT2D eigenvalue weighted by Gasteiger charge is -2.31. The van der Waals surface area contributed by atoms with Crippen LogP contribution in [0.2, 0.25) is 0 Å². The van der Waals surface area contributed by atoms with E-state index in [1.807, 2.05) is 11.0 Å². The summed E-state index contributed by atoms with van der Waals surface area (Å²) in [6.45, 7) is 3.39. The number of ether oxygens (including phenoxy) is 1. The molecule has 2 aromatic rings. The fourth-order valence-electron chi connectivity index (χ4n) is 2.92. The minimum Gasteiger partial charge on any atom is -0.383 e. The number of nitrogens with zero attached hydrogens (tertiary/aromatic N) is 2. The van der Waals surface area contributed by atoms with Crippen LogP contribution in [0.15, 0.2) is 24.3 Å². The van der Waals surface area contributed by atoms with Gasteiger partial charge in [0.1, 0.15) is 0 Å². The molecule has 3 rings (SSSR count). The fourth-order valence-corrected chi connectivity index (χ4v) is 4.06. The number of nitrogens with one attached hydrogen (secondary N) is 1. The molecule has 1 aliphatic heterocycles. The predicted molar refractivity (Wildman–Crippen MR) is 92.9 cm³/mol. The largest absolute Gasteiger partial charge is 0.383 e. The molecule has 0 atom stereocenters. The topological polar surface area (TPSA) is 54.5 Å². The first kappa shape index (κ1) is 16.4. The fraction of sp³-hybridized carbons (Fsp3) is 0.529. The first-order valence-corrected chi connectivity index (χ1v) is 8.92. The Bertz CT molecular complexity index is 617. The number of thiazole rings is 1. The molecule has 6 heteroatoms. The van der Waals surface area contributed by atoms with Crippen molar-refractivity contribution in [3.8, 4) is 0 Å². The summed E-state index contributed by atoms with van der Waals surface area (Å²) in [5, 5.41) is 4.34. The normalized spacial score (nSPS) is 16.1. The number of methoxy groups -OCH3 is 1. The highest BCUT2D eigenvalue weighted by atomic mass is 32.1. The van der Waals surface area contributed by atoms with Crippen LogP contribution in [0.3, 0.4) is 0 Å². The van der Waals surface area contributed by atoms with Crippen LogP contribution in [-0.4, -0.2) is 55.7 Å². The van der Waals surface area contributed by atoms with Gasteiger partial charge in [0, 0.05) is 32.7 Å². The number of piperidine rings is 1. The summed E-state index contributed by atoms with van der Waals surface area (Å²) in [5.41, 5.74) is 1.09. The molecule has 1 N–H and O–H groups in total. The molecule has 0 bridgehead atoms. The Morgan fingerprint density at radius 3 is 2.91 bits per heavy atom. The van der Waals surface area contributed by atoms with Gasteiger partial charge in [-0.15, -0.1) is 11.3 Å². The van der Waals surface area contributed by atoms with E-state index in [1.54, 1.807) is 18.4 Å². The minimum absolute atomic E-state index is 0.184. The van der Waals surface area contributed by atoms with Crippen LogP contribution in [0.25, 0.3) is 10.2 Å². The Morgan fingerprint density at radius 1 is 1.39 bits per heavy atom. The molecular formula is C17H23N3O2S. The number of amides is 1. The summed E-state index contributed by atoms with van der Waals surface area (Å²) in [4.78, 5) is 18.9. The molecule has 1 saturated heterocycles. The van der Waals surface area contributed by atoms with Crippen molar-refractivity contribution in [1.29, 1.82) is 0 Å². The van der Waals surface area contributed by atoms with E-state index in [-0.39, 0.29) is 5.91 Å². The third kappa shape index (κ3) is 4.07. The average Bonchev–Trinajstić information content (AvgIpc) is 3.03. The smallest absolute Gasteiger partial charge is 0.236 e. The van der Waals surface area contributed by atoms with E-state index in [4.69, 9.17) is 9.72 Å². The standard InChI is InChI=1S/C17H23N3O2S/c1-22-11-8-18-12-16(21)20-9-6-13(7-10-20)17-19-14-4-2-3-5-15(14)23-17/h2-5,13,18H,6-12H2,1H3. The third-order valence-electron chi connectivity index (χ3n) is 4.27. The van der Waals surface area contributed by atoms with E-state index in [9.17, 15) is 4.79 Å². The van der Waals surface area contributed by atoms with Crippen LogP contribution in [0, 0.1) is 0 Å². The number of hydrogen-bond donors (Lipinski definition) is 1. The molecule has 1 aliphatic rings. The SMILES string of the molecule is COCCNCC(=O)N1CCC(c2nc3ccccc3s2)CC1. The van der Waals surface area contributed by atoms with Crippen molar-refractivity contribution < 1.29 is 9.53 Å². The third-order valence-corrected chi connectivity index (χ3v) is 5.47. The second kappa shape index (κ2) is 7.86. The highest BCUT2D eigenvalue weighted by molar-refractivity contribution is 7.18. The van der Waals surface area contributed by atoms with E-state index < -0.39 is 0 Å². The monoisotopic (exact) mass is 333 g/mol. The molecule has 1 fully saturated rings. The lowest BCUT2D eigenvalue weighted by Crippen LogP contribution is -2.43. The summed E-state index contributed by atoms with van der Waals surface area (Å²) in [7, 11) is 1.66. The number of likely N-dealkylation sites (tertiary alicyclic amines) is 1. The van der Waals surface area contributed by atoms with E-state index in [0.717, 1.165) is 31.4 Å². The van der Waals surface area contributed by atoms with Gasteiger partial charge in [-0.2, -0.15) is 0 Å². The van der Waals surface area contributed by atoms with Gasteiger partial charge in [-0.3, -0.25) is 4.79 Å². The van der Waals surface area contributed by atoms with Crippen molar-refractivity contribution in [2.24, 2.45) is 0 Å². The number of carbonyl (C=O) groups excluding carboxylic acids is 1. The van der Waals surface area contributed by atoms with Gasteiger partial charge in [0.25, 0.3) is 0 Å². The summed E-state index contributed by atoms with van der Waals surface area (Å²) in [5.74, 6) is 0.668. The highest BCUT2D eigenvalue weighted by Crippen LogP contribution is 2.33. The van der Waals surface area contributed by atoms with Crippen LogP contribution >= 0.6 is 11.3 Å². The molecule has 0 unspecified atom stereocenters. The molecule has 0 aliphatic carbocycles. The molecule has 124 valence electrons. The zero-order valence-electron chi connectivity index (χ0n) is 13.5. The number of para-hydroxylation sites is 1. The maximum Gasteiger partial charge on any atom is 0.236 e. The molecule has 1 aromatic carbocycles. The molecule has 0 saturated carbocycles. The molecule has 5 nitrogen and oxygen atoms in total. The van der Waals surface area contributed by atoms with Gasteiger partial charge >= 0.3 is 0 Å². The van der Waals surface area contributed by atoms with E-state index in [2.05, 4.69) is 23.5 Å². The second-order valence-electron chi connectivity index (χ2n) is 5.84. The van der Waals surface area contributed by atoms with Gasteiger partial charge in [0.2, 0.25) is 5.91 Å². The van der Waals surface area contributed by atoms with Crippen LogP contribution in [-0.2, 0) is 9.53 Å². The van der Waals surface area contributed by atoms with Crippen molar-refractivity contribution in [3.63, 3.8) is 0 Å². The molecule has 2 heterocycles. The second-order valence-corrected chi connectivity index (χ2v) is 6.91. The highest BCUT2D eigenvalue weighted by Gasteiger charge is 2.25. The maximum absolute atomic E-state index is 12.2. The Kier molecular flexibility index (Phi) is 5.59. The van der Waals surface area contributed by atoms with Crippen LogP contribution in [0.4, 0.5) is 0 Å². The summed E-state index contributed by atoms with van der Waals surface area (Å²) < 4.78 is 6.22. The van der Waals surface area contributed by atoms with E-state index in [0.29, 0.717) is 25.6 Å². The van der Waals surface area contributed by atoms with Gasteiger partial charge in [-0.05, 0) is 25.0 Å². The number of aromatic nitrogens is 1. The summed E-state index contributed by atoms with van der Waals surface area (Å²) in [6, 6.07) is 8.28. The van der Waals surface area contributed by atoms with Gasteiger partial charge < -0.3 is 15.0 Å². The number of rotatable bonds is 6. The van der Waals surface area contributed by atoms with Crippen molar-refractivity contribution in [3.05, 3.63) is 29.3 Å². The lowest BCUT2D eigenvalue weighted by atomic mass is 9.97. The van der Waals surface area contributed by atoms with Crippen molar-refractivity contribution in [1.82, 2.24) is 15.2 Å². The maximum atomic E-state index is 12.2. The lowest BCUT2D eigenvalue weighted by molar-refractivity contribution is -0.131. The first-order valence-electron chi connectivity index (χ1n) is 8.11. The molecule has 1 amide bonds. The number of carbonyl (C=O) groups is 1. The first-order chi connectivity index (χ1) is 11.3. The quantitative estimate of drug-likeness (QED) is 0.824. The number of benzene rings is 1. The Balaban J connectivity index is 1.50. The van der Waals surface area contributed by atoms with Crippen LogP contribution in [0.1, 0.15) is 23.8 Å². The molecule has 0 spiro atoms. The van der Waals surface area contributed by atoms with E-state index in [1.165, 1.54) is 9.71 Å². The molecule has 0 radical (unpaired) electrons.